The summed E-state index contributed by atoms with van der Waals surface area (Å²) in [5.41, 5.74) is 1.20. The second-order valence-corrected chi connectivity index (χ2v) is 10.1. The van der Waals surface area contributed by atoms with Gasteiger partial charge in [0.1, 0.15) is 17.5 Å². The Hall–Kier alpha value is -2.59. The van der Waals surface area contributed by atoms with Crippen molar-refractivity contribution in [3.63, 3.8) is 0 Å². The zero-order valence-electron chi connectivity index (χ0n) is 18.2. The highest BCUT2D eigenvalue weighted by Gasteiger charge is 2.45. The van der Waals surface area contributed by atoms with Crippen LogP contribution >= 0.6 is 34.2 Å². The molecule has 1 aliphatic rings. The standard InChI is InChI=1S/C25H19ClF3IN2O2/c1-25(2)22-20(30)7-14(23(33)31-11-17-18(28)9-16(27)10-19(17)29)8-21(22)32(24(25)34)12-13-4-3-5-15(26)6-13/h3-10H,11-12H2,1-2H3,(H,31,33). The molecule has 9 heteroatoms. The summed E-state index contributed by atoms with van der Waals surface area (Å²) in [4.78, 5) is 27.8. The van der Waals surface area contributed by atoms with Gasteiger partial charge >= 0.3 is 0 Å². The van der Waals surface area contributed by atoms with Crippen LogP contribution in [0.3, 0.4) is 0 Å². The van der Waals surface area contributed by atoms with Crippen molar-refractivity contribution in [2.24, 2.45) is 0 Å². The van der Waals surface area contributed by atoms with Gasteiger partial charge in [0, 0.05) is 44.0 Å². The normalized spacial score (nSPS) is 14.3. The summed E-state index contributed by atoms with van der Waals surface area (Å²) in [6.45, 7) is 3.46. The van der Waals surface area contributed by atoms with Gasteiger partial charge < -0.3 is 10.2 Å². The molecule has 0 bridgehead atoms. The Balaban J connectivity index is 1.65. The minimum absolute atomic E-state index is 0.117. The van der Waals surface area contributed by atoms with Crippen LogP contribution in [0.1, 0.15) is 40.9 Å². The quantitative estimate of drug-likeness (QED) is 0.360. The summed E-state index contributed by atoms with van der Waals surface area (Å²) in [6.07, 6.45) is 0. The average Bonchev–Trinajstić information content (AvgIpc) is 2.93. The van der Waals surface area contributed by atoms with Crippen LogP contribution in [-0.2, 0) is 23.3 Å². The van der Waals surface area contributed by atoms with Crippen LogP contribution in [0.4, 0.5) is 18.9 Å². The fraction of sp³-hybridized carbons (Fsp3) is 0.200. The highest BCUT2D eigenvalue weighted by Crippen LogP contribution is 2.45. The number of carbonyl (C=O) groups is 2. The summed E-state index contributed by atoms with van der Waals surface area (Å²) in [5, 5.41) is 3.02. The molecule has 4 rings (SSSR count). The molecule has 0 radical (unpaired) electrons. The largest absolute Gasteiger partial charge is 0.348 e. The van der Waals surface area contributed by atoms with Crippen LogP contribution in [0.2, 0.25) is 5.02 Å². The van der Waals surface area contributed by atoms with E-state index in [9.17, 15) is 22.8 Å². The Kier molecular flexibility index (Phi) is 6.65. The van der Waals surface area contributed by atoms with Crippen molar-refractivity contribution in [2.45, 2.75) is 32.4 Å². The van der Waals surface area contributed by atoms with Crippen molar-refractivity contribution in [3.05, 3.63) is 96.8 Å². The number of hydrogen-bond donors (Lipinski definition) is 1. The third-order valence-corrected chi connectivity index (χ3v) is 6.87. The van der Waals surface area contributed by atoms with E-state index in [4.69, 9.17) is 11.6 Å². The van der Waals surface area contributed by atoms with Gasteiger partial charge in [-0.15, -0.1) is 0 Å². The first kappa shape index (κ1) is 24.5. The number of carbonyl (C=O) groups excluding carboxylic acids is 2. The molecular weight excluding hydrogens is 580 g/mol. The maximum absolute atomic E-state index is 13.9. The molecule has 1 heterocycles. The Bertz CT molecular complexity index is 1310. The third kappa shape index (κ3) is 4.53. The van der Waals surface area contributed by atoms with Crippen molar-refractivity contribution in [3.8, 4) is 0 Å². The van der Waals surface area contributed by atoms with Gasteiger partial charge in [0.2, 0.25) is 5.91 Å². The third-order valence-electron chi connectivity index (χ3n) is 5.79. The summed E-state index contributed by atoms with van der Waals surface area (Å²) in [7, 11) is 0. The molecule has 4 nitrogen and oxygen atoms in total. The molecule has 34 heavy (non-hydrogen) atoms. The Morgan fingerprint density at radius 1 is 1.09 bits per heavy atom. The van der Waals surface area contributed by atoms with Crippen molar-refractivity contribution in [1.29, 1.82) is 0 Å². The van der Waals surface area contributed by atoms with Gasteiger partial charge in [-0.2, -0.15) is 0 Å². The van der Waals surface area contributed by atoms with Gasteiger partial charge in [0.15, 0.2) is 0 Å². The lowest BCUT2D eigenvalue weighted by Crippen LogP contribution is -2.35. The van der Waals surface area contributed by atoms with E-state index < -0.39 is 40.9 Å². The molecule has 176 valence electrons. The predicted octanol–water partition coefficient (Wildman–Crippen LogP) is 6.12. The van der Waals surface area contributed by atoms with Crippen LogP contribution in [0.5, 0.6) is 0 Å². The van der Waals surface area contributed by atoms with Gasteiger partial charge in [-0.3, -0.25) is 9.59 Å². The number of anilines is 1. The summed E-state index contributed by atoms with van der Waals surface area (Å²) in [6, 6.07) is 11.5. The fourth-order valence-electron chi connectivity index (χ4n) is 4.10. The van der Waals surface area contributed by atoms with Crippen molar-refractivity contribution < 1.29 is 22.8 Å². The van der Waals surface area contributed by atoms with Crippen LogP contribution in [0.25, 0.3) is 0 Å². The van der Waals surface area contributed by atoms with Crippen molar-refractivity contribution >= 4 is 51.7 Å². The van der Waals surface area contributed by atoms with E-state index in [-0.39, 0.29) is 18.0 Å². The first-order valence-corrected chi connectivity index (χ1v) is 11.8. The van der Waals surface area contributed by atoms with Gasteiger partial charge in [0.05, 0.1) is 17.6 Å². The first-order valence-electron chi connectivity index (χ1n) is 10.3. The van der Waals surface area contributed by atoms with Crippen molar-refractivity contribution in [1.82, 2.24) is 5.32 Å². The van der Waals surface area contributed by atoms with E-state index >= 15 is 0 Å². The Morgan fingerprint density at radius 3 is 2.41 bits per heavy atom. The van der Waals surface area contributed by atoms with Crippen LogP contribution in [-0.4, -0.2) is 11.8 Å². The number of rotatable bonds is 5. The van der Waals surface area contributed by atoms with E-state index in [0.29, 0.717) is 26.4 Å². The Labute approximate surface area is 213 Å². The number of nitrogens with one attached hydrogen (secondary N) is 1. The van der Waals surface area contributed by atoms with Gasteiger partial charge in [-0.1, -0.05) is 23.7 Å². The molecule has 0 unspecified atom stereocenters. The second-order valence-electron chi connectivity index (χ2n) is 8.53. The number of amides is 2. The summed E-state index contributed by atoms with van der Waals surface area (Å²) in [5.74, 6) is -3.90. The van der Waals surface area contributed by atoms with Gasteiger partial charge in [0.25, 0.3) is 5.91 Å². The molecule has 0 atom stereocenters. The van der Waals surface area contributed by atoms with Crippen molar-refractivity contribution in [2.75, 3.05) is 4.90 Å². The number of nitrogens with zero attached hydrogens (tertiary/aromatic N) is 1. The van der Waals surface area contributed by atoms with Crippen LogP contribution < -0.4 is 10.2 Å². The molecule has 0 aliphatic carbocycles. The Morgan fingerprint density at radius 2 is 1.76 bits per heavy atom. The lowest BCUT2D eigenvalue weighted by Gasteiger charge is -2.20. The molecule has 3 aromatic rings. The first-order chi connectivity index (χ1) is 16.0. The molecular formula is C25H19ClF3IN2O2. The maximum atomic E-state index is 13.9. The maximum Gasteiger partial charge on any atom is 0.251 e. The monoisotopic (exact) mass is 598 g/mol. The zero-order valence-corrected chi connectivity index (χ0v) is 21.1. The predicted molar refractivity (Wildman–Crippen MR) is 132 cm³/mol. The number of benzene rings is 3. The number of fused-ring (bicyclic) bond motifs is 1. The molecule has 0 saturated carbocycles. The second kappa shape index (κ2) is 9.22. The number of hydrogen-bond acceptors (Lipinski definition) is 2. The van der Waals surface area contributed by atoms with Gasteiger partial charge in [-0.05, 0) is 66.3 Å². The van der Waals surface area contributed by atoms with E-state index in [1.54, 1.807) is 35.2 Å². The molecule has 2 amide bonds. The molecule has 1 N–H and O–H groups in total. The molecule has 0 aromatic heterocycles. The SMILES string of the molecule is CC1(C)C(=O)N(Cc2cccc(Cl)c2)c2cc(C(=O)NCc3c(F)cc(F)cc3F)cc(I)c21. The minimum atomic E-state index is -1.08. The molecule has 3 aromatic carbocycles. The highest BCUT2D eigenvalue weighted by atomic mass is 127. The van der Waals surface area contributed by atoms with E-state index in [1.165, 1.54) is 0 Å². The van der Waals surface area contributed by atoms with E-state index in [2.05, 4.69) is 27.9 Å². The molecule has 0 spiro atoms. The van der Waals surface area contributed by atoms with E-state index in [0.717, 1.165) is 11.1 Å². The summed E-state index contributed by atoms with van der Waals surface area (Å²) < 4.78 is 41.7. The molecule has 0 fully saturated rings. The topological polar surface area (TPSA) is 49.4 Å². The molecule has 0 saturated heterocycles. The highest BCUT2D eigenvalue weighted by molar-refractivity contribution is 14.1. The van der Waals surface area contributed by atoms with Crippen LogP contribution in [0, 0.1) is 21.0 Å². The lowest BCUT2D eigenvalue weighted by atomic mass is 9.86. The average molecular weight is 599 g/mol. The van der Waals surface area contributed by atoms with Gasteiger partial charge in [-0.25, -0.2) is 13.2 Å². The smallest absolute Gasteiger partial charge is 0.251 e. The molecule has 1 aliphatic heterocycles. The summed E-state index contributed by atoms with van der Waals surface area (Å²) >= 11 is 8.18. The fourth-order valence-corrected chi connectivity index (χ4v) is 5.59. The number of halogens is 5. The zero-order chi connectivity index (χ0) is 24.8. The van der Waals surface area contributed by atoms with E-state index in [1.807, 2.05) is 19.9 Å². The lowest BCUT2D eigenvalue weighted by molar-refractivity contribution is -0.122. The van der Waals surface area contributed by atoms with Crippen LogP contribution in [0.15, 0.2) is 48.5 Å². The minimum Gasteiger partial charge on any atom is -0.348 e.